The van der Waals surface area contributed by atoms with Gasteiger partial charge in [-0.15, -0.1) is 0 Å². The molecule has 0 bridgehead atoms. The summed E-state index contributed by atoms with van der Waals surface area (Å²) in [4.78, 5) is 27.9. The highest BCUT2D eigenvalue weighted by Gasteiger charge is 2.36. The smallest absolute Gasteiger partial charge is 0.266 e. The molecule has 13 heteroatoms. The van der Waals surface area contributed by atoms with Gasteiger partial charge < -0.3 is 24.3 Å². The van der Waals surface area contributed by atoms with Gasteiger partial charge in [0.1, 0.15) is 15.8 Å². The van der Waals surface area contributed by atoms with E-state index < -0.39 is 15.9 Å². The Kier molecular flexibility index (Phi) is 11.1. The molecule has 1 heterocycles. The minimum absolute atomic E-state index is 0.173. The SMILES string of the molecule is COc1ccc(C(=O)N[C@H](Oc2ccc(/C=C3\SC(=S)N(CCc4ccc(OC)c(OC)c4)C3=O)cc2)C(Cl)(Cl)Cl)cc1. The summed E-state index contributed by atoms with van der Waals surface area (Å²) in [6.45, 7) is 0.422. The summed E-state index contributed by atoms with van der Waals surface area (Å²) in [5.41, 5.74) is 2.06. The number of nitrogens with zero attached hydrogens (tertiary/aromatic N) is 1. The summed E-state index contributed by atoms with van der Waals surface area (Å²) >= 11 is 25.0. The molecule has 3 aromatic carbocycles. The summed E-state index contributed by atoms with van der Waals surface area (Å²) in [7, 11) is 4.69. The van der Waals surface area contributed by atoms with Gasteiger partial charge in [0.05, 0.1) is 26.2 Å². The summed E-state index contributed by atoms with van der Waals surface area (Å²) in [6.07, 6.45) is 1.04. The maximum absolute atomic E-state index is 13.1. The van der Waals surface area contributed by atoms with E-state index in [2.05, 4.69) is 5.32 Å². The number of benzene rings is 3. The second kappa shape index (κ2) is 14.5. The van der Waals surface area contributed by atoms with Gasteiger partial charge >= 0.3 is 0 Å². The number of amides is 2. The third-order valence-electron chi connectivity index (χ3n) is 6.29. The third kappa shape index (κ3) is 8.49. The minimum Gasteiger partial charge on any atom is -0.497 e. The van der Waals surface area contributed by atoms with E-state index >= 15 is 0 Å². The molecule has 226 valence electrons. The standard InChI is InChI=1S/C30H27Cl3N2O6S2/c1-38-21-11-7-20(8-12-21)26(36)34-28(30(31,32)33)41-22-9-4-18(5-10-22)17-25-27(37)35(29(42)43-25)15-14-19-6-13-23(39-2)24(16-19)40-3/h4-13,16-17,28H,14-15H2,1-3H3,(H,34,36)/b25-17-/t28-/m1/s1. The average Bonchev–Trinajstić information content (AvgIpc) is 3.26. The number of alkyl halides is 3. The van der Waals surface area contributed by atoms with E-state index in [1.807, 2.05) is 18.2 Å². The highest BCUT2D eigenvalue weighted by molar-refractivity contribution is 8.26. The monoisotopic (exact) mass is 680 g/mol. The van der Waals surface area contributed by atoms with E-state index in [9.17, 15) is 9.59 Å². The molecule has 0 radical (unpaired) electrons. The maximum atomic E-state index is 13.1. The highest BCUT2D eigenvalue weighted by Crippen LogP contribution is 2.35. The van der Waals surface area contributed by atoms with Crippen molar-refractivity contribution in [2.24, 2.45) is 0 Å². The number of thiocarbonyl (C=S) groups is 1. The number of thioether (sulfide) groups is 1. The third-order valence-corrected chi connectivity index (χ3v) is 8.26. The number of hydrogen-bond donors (Lipinski definition) is 1. The molecule has 4 rings (SSSR count). The molecule has 0 unspecified atom stereocenters. The van der Waals surface area contributed by atoms with Crippen molar-refractivity contribution in [2.75, 3.05) is 27.9 Å². The summed E-state index contributed by atoms with van der Waals surface area (Å²) in [5.74, 6) is 1.53. The van der Waals surface area contributed by atoms with Crippen molar-refractivity contribution >= 4 is 81.0 Å². The van der Waals surface area contributed by atoms with Crippen LogP contribution in [0.15, 0.2) is 71.6 Å². The van der Waals surface area contributed by atoms with Gasteiger partial charge in [-0.25, -0.2) is 0 Å². The topological polar surface area (TPSA) is 86.3 Å². The summed E-state index contributed by atoms with van der Waals surface area (Å²) < 4.78 is 20.1. The molecule has 1 atom stereocenters. The number of carbonyl (C=O) groups excluding carboxylic acids is 2. The van der Waals surface area contributed by atoms with Gasteiger partial charge in [0.15, 0.2) is 11.5 Å². The Morgan fingerprint density at radius 2 is 1.60 bits per heavy atom. The first kappa shape index (κ1) is 32.8. The Bertz CT molecular complexity index is 1510. The average molecular weight is 682 g/mol. The van der Waals surface area contributed by atoms with Gasteiger partial charge in [0.25, 0.3) is 11.8 Å². The van der Waals surface area contributed by atoms with Crippen molar-refractivity contribution in [2.45, 2.75) is 16.4 Å². The molecule has 2 amide bonds. The van der Waals surface area contributed by atoms with Crippen LogP contribution < -0.4 is 24.3 Å². The van der Waals surface area contributed by atoms with Crippen LogP contribution in [0.2, 0.25) is 0 Å². The predicted molar refractivity (Wildman–Crippen MR) is 175 cm³/mol. The van der Waals surface area contributed by atoms with E-state index in [0.29, 0.717) is 50.8 Å². The number of hydrogen-bond acceptors (Lipinski definition) is 8. The van der Waals surface area contributed by atoms with E-state index in [1.54, 1.807) is 73.7 Å². The highest BCUT2D eigenvalue weighted by atomic mass is 35.6. The molecule has 0 spiro atoms. The van der Waals surface area contributed by atoms with Crippen LogP contribution in [0.25, 0.3) is 6.08 Å². The lowest BCUT2D eigenvalue weighted by molar-refractivity contribution is -0.122. The Hall–Kier alpha value is -3.15. The number of methoxy groups -OCH3 is 3. The van der Waals surface area contributed by atoms with Crippen LogP contribution in [0.1, 0.15) is 21.5 Å². The van der Waals surface area contributed by atoms with Gasteiger partial charge in [-0.05, 0) is 72.2 Å². The van der Waals surface area contributed by atoms with Gasteiger partial charge in [0, 0.05) is 12.1 Å². The fraction of sp³-hybridized carbons (Fsp3) is 0.233. The van der Waals surface area contributed by atoms with Crippen LogP contribution in [0.3, 0.4) is 0 Å². The zero-order valence-corrected chi connectivity index (χ0v) is 27.2. The lowest BCUT2D eigenvalue weighted by Crippen LogP contribution is -2.47. The predicted octanol–water partition coefficient (Wildman–Crippen LogP) is 6.66. The minimum atomic E-state index is -1.97. The quantitative estimate of drug-likeness (QED) is 0.104. The van der Waals surface area contributed by atoms with Crippen molar-refractivity contribution in [1.29, 1.82) is 0 Å². The molecular weight excluding hydrogens is 655 g/mol. The molecule has 43 heavy (non-hydrogen) atoms. The van der Waals surface area contributed by atoms with Crippen molar-refractivity contribution in [3.8, 4) is 23.0 Å². The fourth-order valence-electron chi connectivity index (χ4n) is 4.02. The fourth-order valence-corrected chi connectivity index (χ4v) is 5.63. The first-order valence-electron chi connectivity index (χ1n) is 12.8. The second-order valence-electron chi connectivity index (χ2n) is 9.08. The number of nitrogens with one attached hydrogen (secondary N) is 1. The molecule has 1 N–H and O–H groups in total. The molecule has 1 aliphatic rings. The van der Waals surface area contributed by atoms with Crippen LogP contribution in [-0.2, 0) is 11.2 Å². The molecule has 1 saturated heterocycles. The Morgan fingerprint density at radius 1 is 0.953 bits per heavy atom. The molecule has 8 nitrogen and oxygen atoms in total. The van der Waals surface area contributed by atoms with E-state index in [0.717, 1.165) is 11.1 Å². The normalized spacial score (nSPS) is 14.9. The second-order valence-corrected chi connectivity index (χ2v) is 13.1. The van der Waals surface area contributed by atoms with Crippen LogP contribution in [-0.4, -0.2) is 58.9 Å². The molecule has 0 aromatic heterocycles. The molecule has 0 aliphatic carbocycles. The largest absolute Gasteiger partial charge is 0.497 e. The van der Waals surface area contributed by atoms with Gasteiger partial charge in [-0.3, -0.25) is 14.5 Å². The van der Waals surface area contributed by atoms with Crippen LogP contribution in [0.5, 0.6) is 23.0 Å². The van der Waals surface area contributed by atoms with E-state index in [-0.39, 0.29) is 5.91 Å². The lowest BCUT2D eigenvalue weighted by atomic mass is 10.1. The number of carbonyl (C=O) groups is 2. The van der Waals surface area contributed by atoms with Gasteiger partial charge in [-0.2, -0.15) is 0 Å². The zero-order valence-electron chi connectivity index (χ0n) is 23.3. The van der Waals surface area contributed by atoms with Crippen LogP contribution in [0.4, 0.5) is 0 Å². The lowest BCUT2D eigenvalue weighted by Gasteiger charge is -2.26. The molecule has 0 saturated carbocycles. The Balaban J connectivity index is 1.39. The molecule has 1 aliphatic heterocycles. The number of rotatable bonds is 11. The first-order valence-corrected chi connectivity index (χ1v) is 15.1. The van der Waals surface area contributed by atoms with Crippen molar-refractivity contribution in [1.82, 2.24) is 10.2 Å². The van der Waals surface area contributed by atoms with Crippen LogP contribution in [0, 0.1) is 0 Å². The summed E-state index contributed by atoms with van der Waals surface area (Å²) in [6, 6.07) is 18.9. The van der Waals surface area contributed by atoms with E-state index in [1.165, 1.54) is 18.9 Å². The Morgan fingerprint density at radius 3 is 2.21 bits per heavy atom. The number of halogens is 3. The Labute approximate surface area is 274 Å². The van der Waals surface area contributed by atoms with E-state index in [4.69, 9.17) is 66.0 Å². The first-order chi connectivity index (χ1) is 20.5. The molecule has 3 aromatic rings. The van der Waals surface area contributed by atoms with Crippen molar-refractivity contribution in [3.63, 3.8) is 0 Å². The molecular formula is C30H27Cl3N2O6S2. The van der Waals surface area contributed by atoms with Crippen molar-refractivity contribution < 1.29 is 28.5 Å². The van der Waals surface area contributed by atoms with Crippen molar-refractivity contribution in [3.05, 3.63) is 88.3 Å². The summed E-state index contributed by atoms with van der Waals surface area (Å²) in [5, 5.41) is 2.59. The zero-order chi connectivity index (χ0) is 31.1. The van der Waals surface area contributed by atoms with Crippen LogP contribution >= 0.6 is 58.8 Å². The number of ether oxygens (including phenoxy) is 4. The van der Waals surface area contributed by atoms with Gasteiger partial charge in [0.2, 0.25) is 10.0 Å². The maximum Gasteiger partial charge on any atom is 0.266 e. The molecule has 1 fully saturated rings. The van der Waals surface area contributed by atoms with Gasteiger partial charge in [-0.1, -0.05) is 77.0 Å².